The molecule has 0 aliphatic carbocycles. The summed E-state index contributed by atoms with van der Waals surface area (Å²) in [6.07, 6.45) is 5.54. The van der Waals surface area contributed by atoms with Gasteiger partial charge >= 0.3 is 0 Å². The Morgan fingerprint density at radius 1 is 1.27 bits per heavy atom. The largest absolute Gasteiger partial charge is 0.384 e. The molecule has 1 aromatic carbocycles. The Kier molecular flexibility index (Phi) is 6.30. The summed E-state index contributed by atoms with van der Waals surface area (Å²) in [6.45, 7) is 4.26. The highest BCUT2D eigenvalue weighted by Gasteiger charge is 2.35. The first-order chi connectivity index (χ1) is 10.6. The van der Waals surface area contributed by atoms with Gasteiger partial charge in [0, 0.05) is 33.6 Å². The molecule has 0 aliphatic rings. The Balaban J connectivity index is 2.19. The number of halogens is 1. The number of aromatic nitrogens is 1. The highest BCUT2D eigenvalue weighted by molar-refractivity contribution is 7.99. The highest BCUT2D eigenvalue weighted by Crippen LogP contribution is 2.37. The van der Waals surface area contributed by atoms with Crippen molar-refractivity contribution in [1.29, 1.82) is 0 Å². The molecule has 0 saturated heterocycles. The highest BCUT2D eigenvalue weighted by atomic mass is 35.5. The fraction of sp³-hybridized carbons (Fsp3) is 0.389. The van der Waals surface area contributed by atoms with E-state index in [1.807, 2.05) is 36.4 Å². The fourth-order valence-electron chi connectivity index (χ4n) is 2.52. The maximum absolute atomic E-state index is 11.3. The van der Waals surface area contributed by atoms with Crippen LogP contribution in [0.5, 0.6) is 0 Å². The second-order valence-corrected chi connectivity index (χ2v) is 7.08. The zero-order valence-electron chi connectivity index (χ0n) is 13.0. The summed E-state index contributed by atoms with van der Waals surface area (Å²) in [5.41, 5.74) is 0.00611. The van der Waals surface area contributed by atoms with Crippen LogP contribution in [0.2, 0.25) is 5.02 Å². The van der Waals surface area contributed by atoms with E-state index in [0.717, 1.165) is 28.3 Å². The Hall–Kier alpha value is -1.03. The van der Waals surface area contributed by atoms with E-state index in [4.69, 9.17) is 11.6 Å². The summed E-state index contributed by atoms with van der Waals surface area (Å²) in [5.74, 6) is 0.767. The van der Waals surface area contributed by atoms with Crippen LogP contribution >= 0.6 is 23.4 Å². The molecule has 0 aliphatic heterocycles. The molecule has 1 N–H and O–H groups in total. The summed E-state index contributed by atoms with van der Waals surface area (Å²) in [4.78, 5) is 5.28. The molecule has 2 aromatic rings. The SMILES string of the molecule is CCCC(C)C(O)(CSc1ccc(Cl)cc1)c1cccnc1. The van der Waals surface area contributed by atoms with Crippen LogP contribution in [0.15, 0.2) is 53.7 Å². The van der Waals surface area contributed by atoms with E-state index in [0.29, 0.717) is 5.75 Å². The third-order valence-corrected chi connectivity index (χ3v) is 5.41. The molecule has 2 rings (SSSR count). The maximum atomic E-state index is 11.3. The number of aliphatic hydroxyl groups is 1. The number of hydrogen-bond donors (Lipinski definition) is 1. The average molecular weight is 336 g/mol. The molecule has 22 heavy (non-hydrogen) atoms. The Labute approximate surface area is 141 Å². The summed E-state index contributed by atoms with van der Waals surface area (Å²) in [7, 11) is 0. The van der Waals surface area contributed by atoms with Gasteiger partial charge in [-0.05, 0) is 42.7 Å². The molecule has 0 fully saturated rings. The van der Waals surface area contributed by atoms with Crippen molar-refractivity contribution in [3.8, 4) is 0 Å². The Bertz CT molecular complexity index is 575. The van der Waals surface area contributed by atoms with Gasteiger partial charge in [-0.2, -0.15) is 0 Å². The van der Waals surface area contributed by atoms with Crippen molar-refractivity contribution in [3.63, 3.8) is 0 Å². The summed E-state index contributed by atoms with van der Waals surface area (Å²) in [5, 5.41) is 12.0. The molecule has 0 bridgehead atoms. The normalized spacial score (nSPS) is 15.3. The van der Waals surface area contributed by atoms with Crippen LogP contribution < -0.4 is 0 Å². The third-order valence-electron chi connectivity index (χ3n) is 3.97. The minimum absolute atomic E-state index is 0.168. The topological polar surface area (TPSA) is 33.1 Å². The zero-order valence-corrected chi connectivity index (χ0v) is 14.6. The van der Waals surface area contributed by atoms with Gasteiger partial charge in [0.2, 0.25) is 0 Å². The first-order valence-corrected chi connectivity index (χ1v) is 8.94. The predicted molar refractivity (Wildman–Crippen MR) is 94.4 cm³/mol. The van der Waals surface area contributed by atoms with Crippen LogP contribution in [0, 0.1) is 5.92 Å². The molecule has 2 unspecified atom stereocenters. The first kappa shape index (κ1) is 17.3. The smallest absolute Gasteiger partial charge is 0.103 e. The van der Waals surface area contributed by atoms with Gasteiger partial charge in [-0.3, -0.25) is 4.98 Å². The predicted octanol–water partition coefficient (Wildman–Crippen LogP) is 5.15. The van der Waals surface area contributed by atoms with Gasteiger partial charge in [-0.15, -0.1) is 11.8 Å². The molecule has 2 atom stereocenters. The van der Waals surface area contributed by atoms with Gasteiger partial charge in [0.1, 0.15) is 5.60 Å². The number of rotatable bonds is 7. The van der Waals surface area contributed by atoms with E-state index in [-0.39, 0.29) is 5.92 Å². The number of hydrogen-bond acceptors (Lipinski definition) is 3. The van der Waals surface area contributed by atoms with Gasteiger partial charge in [0.15, 0.2) is 0 Å². The quantitative estimate of drug-likeness (QED) is 0.710. The lowest BCUT2D eigenvalue weighted by Crippen LogP contribution is -2.36. The molecule has 0 saturated carbocycles. The summed E-state index contributed by atoms with van der Waals surface area (Å²) in [6, 6.07) is 11.6. The van der Waals surface area contributed by atoms with E-state index >= 15 is 0 Å². The van der Waals surface area contributed by atoms with E-state index < -0.39 is 5.60 Å². The third kappa shape index (κ3) is 4.25. The van der Waals surface area contributed by atoms with Crippen molar-refractivity contribution < 1.29 is 5.11 Å². The van der Waals surface area contributed by atoms with Gasteiger partial charge in [0.25, 0.3) is 0 Å². The average Bonchev–Trinajstić information content (AvgIpc) is 2.55. The number of benzene rings is 1. The van der Waals surface area contributed by atoms with Crippen LogP contribution in [0.3, 0.4) is 0 Å². The number of thioether (sulfide) groups is 1. The summed E-state index contributed by atoms with van der Waals surface area (Å²) >= 11 is 7.57. The standard InChI is InChI=1S/C18H22ClNOS/c1-3-5-14(2)18(21,15-6-4-11-20-12-15)13-22-17-9-7-16(19)8-10-17/h4,6-12,14,21H,3,5,13H2,1-2H3. The minimum Gasteiger partial charge on any atom is -0.384 e. The lowest BCUT2D eigenvalue weighted by Gasteiger charge is -2.34. The number of nitrogens with zero attached hydrogens (tertiary/aromatic N) is 1. The molecule has 118 valence electrons. The minimum atomic E-state index is -0.880. The molecular weight excluding hydrogens is 314 g/mol. The van der Waals surface area contributed by atoms with E-state index in [2.05, 4.69) is 18.8 Å². The van der Waals surface area contributed by atoms with E-state index in [9.17, 15) is 5.11 Å². The van der Waals surface area contributed by atoms with Crippen LogP contribution in [-0.2, 0) is 5.60 Å². The lowest BCUT2D eigenvalue weighted by molar-refractivity contribution is 0.00248. The van der Waals surface area contributed by atoms with Crippen molar-refractivity contribution in [2.75, 3.05) is 5.75 Å². The molecule has 1 aromatic heterocycles. The molecular formula is C18H22ClNOS. The maximum Gasteiger partial charge on any atom is 0.103 e. The van der Waals surface area contributed by atoms with Crippen molar-refractivity contribution in [3.05, 3.63) is 59.4 Å². The Morgan fingerprint density at radius 3 is 2.59 bits per heavy atom. The zero-order chi connectivity index (χ0) is 16.0. The van der Waals surface area contributed by atoms with Crippen LogP contribution in [0.25, 0.3) is 0 Å². The monoisotopic (exact) mass is 335 g/mol. The molecule has 0 spiro atoms. The lowest BCUT2D eigenvalue weighted by atomic mass is 9.82. The molecule has 2 nitrogen and oxygen atoms in total. The van der Waals surface area contributed by atoms with Crippen molar-refractivity contribution >= 4 is 23.4 Å². The Morgan fingerprint density at radius 2 is 2.00 bits per heavy atom. The van der Waals surface area contributed by atoms with Crippen LogP contribution in [-0.4, -0.2) is 15.8 Å². The molecule has 0 radical (unpaired) electrons. The molecule has 1 heterocycles. The van der Waals surface area contributed by atoms with Crippen LogP contribution in [0.4, 0.5) is 0 Å². The van der Waals surface area contributed by atoms with Crippen LogP contribution in [0.1, 0.15) is 32.3 Å². The first-order valence-electron chi connectivity index (χ1n) is 7.57. The van der Waals surface area contributed by atoms with Gasteiger partial charge in [-0.1, -0.05) is 37.9 Å². The summed E-state index contributed by atoms with van der Waals surface area (Å²) < 4.78 is 0. The molecule has 0 amide bonds. The second-order valence-electron chi connectivity index (χ2n) is 5.60. The van der Waals surface area contributed by atoms with Crippen molar-refractivity contribution in [2.45, 2.75) is 37.2 Å². The van der Waals surface area contributed by atoms with Crippen molar-refractivity contribution in [1.82, 2.24) is 4.98 Å². The van der Waals surface area contributed by atoms with Gasteiger partial charge < -0.3 is 5.11 Å². The number of pyridine rings is 1. The fourth-order valence-corrected chi connectivity index (χ4v) is 3.82. The second kappa shape index (κ2) is 8.00. The van der Waals surface area contributed by atoms with E-state index in [1.54, 1.807) is 24.2 Å². The van der Waals surface area contributed by atoms with Gasteiger partial charge in [0.05, 0.1) is 0 Å². The van der Waals surface area contributed by atoms with E-state index in [1.165, 1.54) is 0 Å². The molecule has 4 heteroatoms. The van der Waals surface area contributed by atoms with Gasteiger partial charge in [-0.25, -0.2) is 0 Å². The van der Waals surface area contributed by atoms with Crippen molar-refractivity contribution in [2.24, 2.45) is 5.92 Å².